The van der Waals surface area contributed by atoms with E-state index in [1.807, 2.05) is 0 Å². The molecule has 0 spiro atoms. The first-order valence-corrected chi connectivity index (χ1v) is 6.56. The molecule has 1 fully saturated rings. The molecule has 7 nitrogen and oxygen atoms in total. The van der Waals surface area contributed by atoms with Gasteiger partial charge in [0.05, 0.1) is 19.1 Å². The van der Waals surface area contributed by atoms with Crippen LogP contribution in [-0.2, 0) is 16.6 Å². The molecule has 1 atom stereocenters. The van der Waals surface area contributed by atoms with E-state index in [2.05, 4.69) is 10.3 Å². The van der Waals surface area contributed by atoms with Gasteiger partial charge in [0.15, 0.2) is 0 Å². The Balaban J connectivity index is 2.36. The average molecular weight is 280 g/mol. The number of carbonyl (C=O) groups excluding carboxylic acids is 2. The summed E-state index contributed by atoms with van der Waals surface area (Å²) in [6.45, 7) is 0.733. The minimum absolute atomic E-state index is 0.188. The zero-order valence-corrected chi connectivity index (χ0v) is 12.0. The average Bonchev–Trinajstić information content (AvgIpc) is 3.04. The second-order valence-electron chi connectivity index (χ2n) is 4.99. The van der Waals surface area contributed by atoms with Crippen molar-refractivity contribution in [3.63, 3.8) is 0 Å². The summed E-state index contributed by atoms with van der Waals surface area (Å²) in [7, 11) is 4.87. The van der Waals surface area contributed by atoms with E-state index in [-0.39, 0.29) is 18.4 Å². The van der Waals surface area contributed by atoms with Crippen molar-refractivity contribution >= 4 is 11.8 Å². The fourth-order valence-corrected chi connectivity index (χ4v) is 2.80. The maximum absolute atomic E-state index is 12.7. The van der Waals surface area contributed by atoms with Gasteiger partial charge in [-0.2, -0.15) is 0 Å². The maximum Gasteiger partial charge on any atom is 0.273 e. The normalized spacial score (nSPS) is 22.1. The van der Waals surface area contributed by atoms with Gasteiger partial charge in [0.2, 0.25) is 5.91 Å². The van der Waals surface area contributed by atoms with Crippen LogP contribution in [0.4, 0.5) is 0 Å². The van der Waals surface area contributed by atoms with Gasteiger partial charge in [0.1, 0.15) is 11.2 Å². The maximum atomic E-state index is 12.7. The van der Waals surface area contributed by atoms with Crippen LogP contribution in [0.15, 0.2) is 12.5 Å². The highest BCUT2D eigenvalue weighted by atomic mass is 16.5. The minimum atomic E-state index is -0.926. The van der Waals surface area contributed by atoms with Gasteiger partial charge in [-0.25, -0.2) is 4.98 Å². The monoisotopic (exact) mass is 280 g/mol. The number of nitrogens with one attached hydrogen (secondary N) is 1. The standard InChI is InChI=1S/C13H20N4O3/c1-14-12(19)13(8-20-3)5-4-6-17(13)11(18)10-7-15-9-16(10)2/h7,9H,4-6,8H2,1-3H3,(H,14,19). The van der Waals surface area contributed by atoms with E-state index < -0.39 is 5.54 Å². The Morgan fingerprint density at radius 3 is 2.85 bits per heavy atom. The molecule has 2 rings (SSSR count). The van der Waals surface area contributed by atoms with Gasteiger partial charge in [0.25, 0.3) is 5.91 Å². The first-order chi connectivity index (χ1) is 9.56. The van der Waals surface area contributed by atoms with Gasteiger partial charge in [-0.1, -0.05) is 0 Å². The number of methoxy groups -OCH3 is 1. The first kappa shape index (κ1) is 14.5. The largest absolute Gasteiger partial charge is 0.382 e. The van der Waals surface area contributed by atoms with Crippen LogP contribution in [-0.4, -0.2) is 59.1 Å². The second-order valence-corrected chi connectivity index (χ2v) is 4.99. The molecule has 1 saturated heterocycles. The van der Waals surface area contributed by atoms with Crippen LogP contribution in [0.3, 0.4) is 0 Å². The van der Waals surface area contributed by atoms with Crippen molar-refractivity contribution in [3.05, 3.63) is 18.2 Å². The Morgan fingerprint density at radius 1 is 1.55 bits per heavy atom. The Labute approximate surface area is 117 Å². The van der Waals surface area contributed by atoms with Crippen LogP contribution < -0.4 is 5.32 Å². The molecular formula is C13H20N4O3. The van der Waals surface area contributed by atoms with Gasteiger partial charge < -0.3 is 19.5 Å². The lowest BCUT2D eigenvalue weighted by Gasteiger charge is -2.36. The summed E-state index contributed by atoms with van der Waals surface area (Å²) in [4.78, 5) is 30.5. The van der Waals surface area contributed by atoms with Crippen LogP contribution in [0.5, 0.6) is 0 Å². The summed E-state index contributed by atoms with van der Waals surface area (Å²) >= 11 is 0. The molecule has 1 aromatic heterocycles. The number of hydrogen-bond acceptors (Lipinski definition) is 4. The topological polar surface area (TPSA) is 76.5 Å². The predicted molar refractivity (Wildman–Crippen MR) is 72.2 cm³/mol. The van der Waals surface area contributed by atoms with Gasteiger partial charge >= 0.3 is 0 Å². The molecule has 0 aromatic carbocycles. The van der Waals surface area contributed by atoms with Crippen molar-refractivity contribution < 1.29 is 14.3 Å². The van der Waals surface area contributed by atoms with Crippen molar-refractivity contribution in [2.45, 2.75) is 18.4 Å². The summed E-state index contributed by atoms with van der Waals surface area (Å²) in [5.41, 5.74) is -0.457. The third kappa shape index (κ3) is 2.18. The van der Waals surface area contributed by atoms with E-state index in [1.54, 1.807) is 29.9 Å². The molecule has 1 unspecified atom stereocenters. The molecule has 0 radical (unpaired) electrons. The molecular weight excluding hydrogens is 260 g/mol. The number of amides is 2. The van der Waals surface area contributed by atoms with Crippen LogP contribution in [0.2, 0.25) is 0 Å². The van der Waals surface area contributed by atoms with Crippen molar-refractivity contribution in [2.75, 3.05) is 27.3 Å². The van der Waals surface area contributed by atoms with Gasteiger partial charge in [-0.3, -0.25) is 9.59 Å². The van der Waals surface area contributed by atoms with Crippen LogP contribution >= 0.6 is 0 Å². The predicted octanol–water partition coefficient (Wildman–Crippen LogP) is -0.213. The SMILES string of the molecule is CNC(=O)C1(COC)CCCN1C(=O)c1cncn1C. The molecule has 0 saturated carbocycles. The highest BCUT2D eigenvalue weighted by molar-refractivity contribution is 5.98. The fourth-order valence-electron chi connectivity index (χ4n) is 2.80. The quantitative estimate of drug-likeness (QED) is 0.828. The van der Waals surface area contributed by atoms with Crippen molar-refractivity contribution in [2.24, 2.45) is 7.05 Å². The lowest BCUT2D eigenvalue weighted by molar-refractivity contribution is -0.133. The molecule has 1 aliphatic heterocycles. The molecule has 1 aromatic rings. The molecule has 0 aliphatic carbocycles. The molecule has 0 bridgehead atoms. The Morgan fingerprint density at radius 2 is 2.30 bits per heavy atom. The molecule has 2 heterocycles. The smallest absolute Gasteiger partial charge is 0.273 e. The molecule has 2 amide bonds. The number of ether oxygens (including phenoxy) is 1. The highest BCUT2D eigenvalue weighted by Gasteiger charge is 2.50. The number of aromatic nitrogens is 2. The van der Waals surface area contributed by atoms with Crippen molar-refractivity contribution in [3.8, 4) is 0 Å². The number of hydrogen-bond donors (Lipinski definition) is 1. The number of aryl methyl sites for hydroxylation is 1. The molecule has 1 N–H and O–H groups in total. The minimum Gasteiger partial charge on any atom is -0.382 e. The van der Waals surface area contributed by atoms with Crippen molar-refractivity contribution in [1.29, 1.82) is 0 Å². The van der Waals surface area contributed by atoms with E-state index in [0.29, 0.717) is 18.7 Å². The highest BCUT2D eigenvalue weighted by Crippen LogP contribution is 2.31. The van der Waals surface area contributed by atoms with Crippen LogP contribution in [0.25, 0.3) is 0 Å². The lowest BCUT2D eigenvalue weighted by atomic mass is 9.95. The van der Waals surface area contributed by atoms with Crippen LogP contribution in [0, 0.1) is 0 Å². The molecule has 20 heavy (non-hydrogen) atoms. The van der Waals surface area contributed by atoms with E-state index in [4.69, 9.17) is 4.74 Å². The third-order valence-corrected chi connectivity index (χ3v) is 3.80. The lowest BCUT2D eigenvalue weighted by Crippen LogP contribution is -2.59. The Kier molecular flexibility index (Phi) is 4.08. The molecule has 7 heteroatoms. The second kappa shape index (κ2) is 5.62. The van der Waals surface area contributed by atoms with E-state index in [0.717, 1.165) is 6.42 Å². The molecule has 110 valence electrons. The fraction of sp³-hybridized carbons (Fsp3) is 0.615. The van der Waals surface area contributed by atoms with Crippen LogP contribution in [0.1, 0.15) is 23.3 Å². The summed E-state index contributed by atoms with van der Waals surface area (Å²) in [5, 5.41) is 2.64. The van der Waals surface area contributed by atoms with Gasteiger partial charge in [0, 0.05) is 27.7 Å². The Hall–Kier alpha value is -1.89. The summed E-state index contributed by atoms with van der Waals surface area (Å²) in [6.07, 6.45) is 4.47. The third-order valence-electron chi connectivity index (χ3n) is 3.80. The zero-order chi connectivity index (χ0) is 14.8. The summed E-state index contributed by atoms with van der Waals surface area (Å²) in [5.74, 6) is -0.379. The number of carbonyl (C=O) groups is 2. The number of imidazole rings is 1. The number of likely N-dealkylation sites (tertiary alicyclic amines) is 1. The van der Waals surface area contributed by atoms with E-state index >= 15 is 0 Å². The first-order valence-electron chi connectivity index (χ1n) is 6.56. The number of likely N-dealkylation sites (N-methyl/N-ethyl adjacent to an activating group) is 1. The van der Waals surface area contributed by atoms with E-state index in [9.17, 15) is 9.59 Å². The number of rotatable bonds is 4. The van der Waals surface area contributed by atoms with Crippen molar-refractivity contribution in [1.82, 2.24) is 19.8 Å². The summed E-state index contributed by atoms with van der Waals surface area (Å²) in [6, 6.07) is 0. The Bertz CT molecular complexity index is 513. The summed E-state index contributed by atoms with van der Waals surface area (Å²) < 4.78 is 6.86. The van der Waals surface area contributed by atoms with Gasteiger partial charge in [-0.15, -0.1) is 0 Å². The van der Waals surface area contributed by atoms with E-state index in [1.165, 1.54) is 13.3 Å². The van der Waals surface area contributed by atoms with Gasteiger partial charge in [-0.05, 0) is 12.8 Å². The zero-order valence-electron chi connectivity index (χ0n) is 12.0. The number of nitrogens with zero attached hydrogens (tertiary/aromatic N) is 3. The molecule has 1 aliphatic rings.